The van der Waals surface area contributed by atoms with Gasteiger partial charge in [-0.05, 0) is 24.5 Å². The molecule has 0 bridgehead atoms. The van der Waals surface area contributed by atoms with Gasteiger partial charge >= 0.3 is 6.36 Å². The average Bonchev–Trinajstić information content (AvgIpc) is 3.31. The van der Waals surface area contributed by atoms with Crippen LogP contribution in [0.3, 0.4) is 0 Å². The molecule has 2 aromatic rings. The van der Waals surface area contributed by atoms with Crippen molar-refractivity contribution in [1.29, 1.82) is 0 Å². The number of carbonyl (C=O) groups excluding carboxylic acids is 1. The quantitative estimate of drug-likeness (QED) is 0.816. The molecule has 2 unspecified atom stereocenters. The molecule has 3 rings (SSSR count). The molecule has 27 heavy (non-hydrogen) atoms. The fourth-order valence-electron chi connectivity index (χ4n) is 2.71. The topological polar surface area (TPSA) is 83.7 Å². The summed E-state index contributed by atoms with van der Waals surface area (Å²) in [5.41, 5.74) is 6.19. The standard InChI is InChI=1S/C18H17F3N2O4/c1-9-5-11(9)13-7-15(12(8-23-13)17(22)24)26-14-4-3-10(6-16(14)25-2)27-18(19,20)21/h3-4,6-9,11H,5H2,1-2H3,(H2,22,24). The summed E-state index contributed by atoms with van der Waals surface area (Å²) in [6.07, 6.45) is -2.51. The van der Waals surface area contributed by atoms with Gasteiger partial charge in [0, 0.05) is 29.9 Å². The van der Waals surface area contributed by atoms with Crippen LogP contribution in [0, 0.1) is 5.92 Å². The van der Waals surface area contributed by atoms with Crippen molar-refractivity contribution in [3.05, 3.63) is 41.7 Å². The third-order valence-corrected chi connectivity index (χ3v) is 4.23. The zero-order chi connectivity index (χ0) is 19.8. The molecule has 0 aliphatic heterocycles. The number of hydrogen-bond acceptors (Lipinski definition) is 5. The highest BCUT2D eigenvalue weighted by atomic mass is 19.4. The van der Waals surface area contributed by atoms with Crippen LogP contribution >= 0.6 is 0 Å². The lowest BCUT2D eigenvalue weighted by Gasteiger charge is -2.15. The Balaban J connectivity index is 1.92. The lowest BCUT2D eigenvalue weighted by Crippen LogP contribution is -2.17. The normalized spacial score (nSPS) is 18.7. The van der Waals surface area contributed by atoms with Gasteiger partial charge in [0.25, 0.3) is 5.91 Å². The molecule has 0 spiro atoms. The fourth-order valence-corrected chi connectivity index (χ4v) is 2.71. The highest BCUT2D eigenvalue weighted by Gasteiger charge is 2.36. The number of methoxy groups -OCH3 is 1. The number of ether oxygens (including phenoxy) is 3. The number of halogens is 3. The second-order valence-corrected chi connectivity index (χ2v) is 6.25. The van der Waals surface area contributed by atoms with Crippen LogP contribution < -0.4 is 19.9 Å². The largest absolute Gasteiger partial charge is 0.573 e. The molecule has 1 aromatic carbocycles. The predicted molar refractivity (Wildman–Crippen MR) is 89.0 cm³/mol. The van der Waals surface area contributed by atoms with Crippen LogP contribution in [0.4, 0.5) is 13.2 Å². The number of pyridine rings is 1. The Morgan fingerprint density at radius 2 is 1.93 bits per heavy atom. The molecular weight excluding hydrogens is 365 g/mol. The smallest absolute Gasteiger partial charge is 0.493 e. The summed E-state index contributed by atoms with van der Waals surface area (Å²) in [5, 5.41) is 0. The number of benzene rings is 1. The molecule has 1 aliphatic carbocycles. The number of carbonyl (C=O) groups is 1. The summed E-state index contributed by atoms with van der Waals surface area (Å²) >= 11 is 0. The number of nitrogens with two attached hydrogens (primary N) is 1. The lowest BCUT2D eigenvalue weighted by molar-refractivity contribution is -0.274. The van der Waals surface area contributed by atoms with Gasteiger partial charge in [-0.1, -0.05) is 6.92 Å². The van der Waals surface area contributed by atoms with E-state index in [-0.39, 0.29) is 28.7 Å². The van der Waals surface area contributed by atoms with Crippen molar-refractivity contribution in [2.45, 2.75) is 25.6 Å². The second kappa shape index (κ2) is 6.98. The summed E-state index contributed by atoms with van der Waals surface area (Å²) < 4.78 is 51.8. The van der Waals surface area contributed by atoms with Crippen molar-refractivity contribution in [2.24, 2.45) is 11.7 Å². The van der Waals surface area contributed by atoms with Crippen molar-refractivity contribution in [2.75, 3.05) is 7.11 Å². The molecule has 6 nitrogen and oxygen atoms in total. The van der Waals surface area contributed by atoms with E-state index >= 15 is 0 Å². The van der Waals surface area contributed by atoms with Gasteiger partial charge in [-0.15, -0.1) is 13.2 Å². The van der Waals surface area contributed by atoms with Crippen molar-refractivity contribution in [3.63, 3.8) is 0 Å². The molecule has 1 fully saturated rings. The third-order valence-electron chi connectivity index (χ3n) is 4.23. The van der Waals surface area contributed by atoms with Gasteiger partial charge in [0.15, 0.2) is 11.5 Å². The fraction of sp³-hybridized carbons (Fsp3) is 0.333. The van der Waals surface area contributed by atoms with Crippen molar-refractivity contribution < 1.29 is 32.2 Å². The van der Waals surface area contributed by atoms with Crippen LogP contribution in [0.15, 0.2) is 30.5 Å². The summed E-state index contributed by atoms with van der Waals surface area (Å²) in [6.45, 7) is 2.08. The van der Waals surface area contributed by atoms with Crippen molar-refractivity contribution in [3.8, 4) is 23.0 Å². The van der Waals surface area contributed by atoms with Gasteiger partial charge in [-0.3, -0.25) is 9.78 Å². The highest BCUT2D eigenvalue weighted by Crippen LogP contribution is 2.47. The first-order valence-electron chi connectivity index (χ1n) is 8.09. The Kier molecular flexibility index (Phi) is 4.86. The average molecular weight is 382 g/mol. The summed E-state index contributed by atoms with van der Waals surface area (Å²) in [6, 6.07) is 5.00. The highest BCUT2D eigenvalue weighted by molar-refractivity contribution is 5.95. The number of aromatic nitrogens is 1. The number of nitrogens with zero attached hydrogens (tertiary/aromatic N) is 1. The molecule has 2 N–H and O–H groups in total. The molecule has 2 atom stereocenters. The lowest BCUT2D eigenvalue weighted by atomic mass is 10.1. The predicted octanol–water partition coefficient (Wildman–Crippen LogP) is 4.00. The van der Waals surface area contributed by atoms with Crippen molar-refractivity contribution in [1.82, 2.24) is 4.98 Å². The maximum Gasteiger partial charge on any atom is 0.573 e. The van der Waals surface area contributed by atoms with E-state index in [1.807, 2.05) is 0 Å². The van der Waals surface area contributed by atoms with Crippen LogP contribution in [0.25, 0.3) is 0 Å². The Bertz CT molecular complexity index is 870. The maximum absolute atomic E-state index is 12.4. The molecular formula is C18H17F3N2O4. The maximum atomic E-state index is 12.4. The van der Waals surface area contributed by atoms with E-state index in [0.29, 0.717) is 5.92 Å². The van der Waals surface area contributed by atoms with E-state index in [1.54, 1.807) is 6.07 Å². The Labute approximate surface area is 153 Å². The Hall–Kier alpha value is -2.97. The number of primary amides is 1. The van der Waals surface area contributed by atoms with E-state index in [2.05, 4.69) is 16.6 Å². The van der Waals surface area contributed by atoms with Crippen molar-refractivity contribution >= 4 is 5.91 Å². The minimum atomic E-state index is -4.83. The first-order chi connectivity index (χ1) is 12.7. The monoisotopic (exact) mass is 382 g/mol. The van der Waals surface area contributed by atoms with E-state index < -0.39 is 18.0 Å². The second-order valence-electron chi connectivity index (χ2n) is 6.25. The molecule has 144 valence electrons. The van der Waals surface area contributed by atoms with Gasteiger partial charge in [0.1, 0.15) is 17.1 Å². The van der Waals surface area contributed by atoms with E-state index in [0.717, 1.165) is 24.2 Å². The molecule has 9 heteroatoms. The Morgan fingerprint density at radius 3 is 2.48 bits per heavy atom. The third kappa shape index (κ3) is 4.42. The first kappa shape index (κ1) is 18.8. The molecule has 1 heterocycles. The Morgan fingerprint density at radius 1 is 1.22 bits per heavy atom. The van der Waals surface area contributed by atoms with Crippen LogP contribution in [-0.4, -0.2) is 24.4 Å². The number of amides is 1. The van der Waals surface area contributed by atoms with Crippen LogP contribution in [0.2, 0.25) is 0 Å². The minimum absolute atomic E-state index is 0.00493. The zero-order valence-corrected chi connectivity index (χ0v) is 14.5. The molecule has 1 amide bonds. The molecule has 0 saturated heterocycles. The molecule has 1 aliphatic rings. The van der Waals surface area contributed by atoms with Crippen LogP contribution in [0.1, 0.15) is 35.3 Å². The number of alkyl halides is 3. The molecule has 0 radical (unpaired) electrons. The van der Waals surface area contributed by atoms with E-state index in [4.69, 9.17) is 15.2 Å². The zero-order valence-electron chi connectivity index (χ0n) is 14.5. The van der Waals surface area contributed by atoms with Gasteiger partial charge in [-0.25, -0.2) is 0 Å². The van der Waals surface area contributed by atoms with Gasteiger partial charge in [0.05, 0.1) is 7.11 Å². The molecule has 1 aromatic heterocycles. The minimum Gasteiger partial charge on any atom is -0.493 e. The SMILES string of the molecule is COc1cc(OC(F)(F)F)ccc1Oc1cc(C2CC2C)ncc1C(N)=O. The van der Waals surface area contributed by atoms with Gasteiger partial charge in [0.2, 0.25) is 0 Å². The number of rotatable bonds is 6. The van der Waals surface area contributed by atoms with Crippen LogP contribution in [-0.2, 0) is 0 Å². The van der Waals surface area contributed by atoms with Gasteiger partial charge < -0.3 is 19.9 Å². The summed E-state index contributed by atoms with van der Waals surface area (Å²) in [4.78, 5) is 15.9. The van der Waals surface area contributed by atoms with Gasteiger partial charge in [-0.2, -0.15) is 0 Å². The molecule has 1 saturated carbocycles. The van der Waals surface area contributed by atoms with Crippen LogP contribution in [0.5, 0.6) is 23.0 Å². The van der Waals surface area contributed by atoms with E-state index in [1.165, 1.54) is 19.4 Å². The summed E-state index contributed by atoms with van der Waals surface area (Å²) in [7, 11) is 1.28. The summed E-state index contributed by atoms with van der Waals surface area (Å²) in [5.74, 6) is -0.153. The van der Waals surface area contributed by atoms with E-state index in [9.17, 15) is 18.0 Å². The number of hydrogen-bond donors (Lipinski definition) is 1. The first-order valence-corrected chi connectivity index (χ1v) is 8.09.